The molecule has 0 atom stereocenters. The third-order valence-electron chi connectivity index (χ3n) is 3.74. The summed E-state index contributed by atoms with van der Waals surface area (Å²) >= 11 is 0. The molecule has 1 amide bonds. The first-order valence-corrected chi connectivity index (χ1v) is 7.40. The average Bonchev–Trinajstić information content (AvgIpc) is 2.89. The summed E-state index contributed by atoms with van der Waals surface area (Å²) in [5.74, 6) is 0.197. The van der Waals surface area contributed by atoms with E-state index in [2.05, 4.69) is 10.3 Å². The molecule has 1 fully saturated rings. The molecule has 6 heteroatoms. The Hall–Kier alpha value is -2.24. The van der Waals surface area contributed by atoms with Crippen molar-refractivity contribution in [1.29, 1.82) is 0 Å². The van der Waals surface area contributed by atoms with Gasteiger partial charge in [-0.1, -0.05) is 0 Å². The molecule has 0 radical (unpaired) electrons. The molecular formula is C15H20N4O2. The van der Waals surface area contributed by atoms with Crippen LogP contribution in [-0.4, -0.2) is 35.4 Å². The first kappa shape index (κ1) is 13.7. The van der Waals surface area contributed by atoms with Crippen LogP contribution < -0.4 is 11.1 Å². The minimum atomic E-state index is 0.197. The maximum absolute atomic E-state index is 12.0. The molecule has 3 rings (SSSR count). The van der Waals surface area contributed by atoms with Crippen molar-refractivity contribution in [2.75, 3.05) is 30.7 Å². The molecule has 0 spiro atoms. The topological polar surface area (TPSA) is 84.4 Å². The monoisotopic (exact) mass is 288 g/mol. The molecule has 1 saturated heterocycles. The van der Waals surface area contributed by atoms with E-state index in [-0.39, 0.29) is 5.91 Å². The second-order valence-electron chi connectivity index (χ2n) is 5.36. The average molecular weight is 288 g/mol. The van der Waals surface area contributed by atoms with Crippen LogP contribution in [0.3, 0.4) is 0 Å². The summed E-state index contributed by atoms with van der Waals surface area (Å²) in [5.41, 5.74) is 7.77. The van der Waals surface area contributed by atoms with Crippen LogP contribution in [0.15, 0.2) is 22.6 Å². The van der Waals surface area contributed by atoms with Gasteiger partial charge in [0, 0.05) is 31.7 Å². The number of anilines is 2. The minimum Gasteiger partial charge on any atom is -0.424 e. The highest BCUT2D eigenvalue weighted by Crippen LogP contribution is 2.21. The number of likely N-dealkylation sites (tertiary alicyclic amines) is 1. The van der Waals surface area contributed by atoms with Gasteiger partial charge in [0.15, 0.2) is 5.58 Å². The van der Waals surface area contributed by atoms with Gasteiger partial charge in [0.05, 0.1) is 0 Å². The Morgan fingerprint density at radius 3 is 2.95 bits per heavy atom. The minimum absolute atomic E-state index is 0.197. The molecule has 112 valence electrons. The van der Waals surface area contributed by atoms with Gasteiger partial charge in [-0.2, -0.15) is 4.98 Å². The number of nitrogens with one attached hydrogen (secondary N) is 1. The molecule has 1 aromatic carbocycles. The Labute approximate surface area is 123 Å². The lowest BCUT2D eigenvalue weighted by Crippen LogP contribution is -2.36. The number of hydrogen-bond acceptors (Lipinski definition) is 5. The van der Waals surface area contributed by atoms with Crippen LogP contribution in [0.2, 0.25) is 0 Å². The van der Waals surface area contributed by atoms with Gasteiger partial charge in [-0.25, -0.2) is 0 Å². The van der Waals surface area contributed by atoms with Crippen LogP contribution in [-0.2, 0) is 4.79 Å². The lowest BCUT2D eigenvalue weighted by atomic mass is 10.1. The summed E-state index contributed by atoms with van der Waals surface area (Å²) in [6.45, 7) is 2.31. The molecule has 1 aromatic heterocycles. The molecule has 3 N–H and O–H groups in total. The number of hydrogen-bond donors (Lipinski definition) is 2. The zero-order valence-corrected chi connectivity index (χ0v) is 12.0. The lowest BCUT2D eigenvalue weighted by molar-refractivity contribution is -0.131. The number of fused-ring (bicyclic) bond motifs is 1. The molecule has 1 aliphatic heterocycles. The number of rotatable bonds is 4. The predicted molar refractivity (Wildman–Crippen MR) is 82.0 cm³/mol. The summed E-state index contributed by atoms with van der Waals surface area (Å²) in [6, 6.07) is 5.77. The summed E-state index contributed by atoms with van der Waals surface area (Å²) in [7, 11) is 0. The second kappa shape index (κ2) is 6.03. The largest absolute Gasteiger partial charge is 0.424 e. The molecule has 0 unspecified atom stereocenters. The van der Waals surface area contributed by atoms with Crippen molar-refractivity contribution in [2.45, 2.75) is 25.7 Å². The summed E-state index contributed by atoms with van der Waals surface area (Å²) in [5, 5.41) is 3.06. The van der Waals surface area contributed by atoms with Crippen LogP contribution in [0.4, 0.5) is 11.7 Å². The van der Waals surface area contributed by atoms with Gasteiger partial charge in [-0.15, -0.1) is 0 Å². The Bertz CT molecular complexity index is 632. The van der Waals surface area contributed by atoms with Crippen LogP contribution >= 0.6 is 0 Å². The van der Waals surface area contributed by atoms with Gasteiger partial charge >= 0.3 is 0 Å². The van der Waals surface area contributed by atoms with Gasteiger partial charge in [0.2, 0.25) is 5.91 Å². The van der Waals surface area contributed by atoms with E-state index < -0.39 is 0 Å². The Kier molecular flexibility index (Phi) is 3.94. The third-order valence-corrected chi connectivity index (χ3v) is 3.74. The van der Waals surface area contributed by atoms with Crippen molar-refractivity contribution in [3.63, 3.8) is 0 Å². The van der Waals surface area contributed by atoms with Crippen molar-refractivity contribution < 1.29 is 9.21 Å². The van der Waals surface area contributed by atoms with Crippen LogP contribution in [0, 0.1) is 0 Å². The number of benzene rings is 1. The Morgan fingerprint density at radius 1 is 1.33 bits per heavy atom. The molecule has 0 saturated carbocycles. The number of amides is 1. The molecular weight excluding hydrogens is 268 g/mol. The number of piperidine rings is 1. The highest BCUT2D eigenvalue weighted by atomic mass is 16.4. The maximum atomic E-state index is 12.0. The van der Waals surface area contributed by atoms with Gasteiger partial charge < -0.3 is 20.4 Å². The van der Waals surface area contributed by atoms with E-state index in [9.17, 15) is 4.79 Å². The van der Waals surface area contributed by atoms with E-state index in [1.807, 2.05) is 4.90 Å². The van der Waals surface area contributed by atoms with E-state index in [0.29, 0.717) is 30.3 Å². The highest BCUT2D eigenvalue weighted by Gasteiger charge is 2.16. The van der Waals surface area contributed by atoms with Gasteiger partial charge in [0.25, 0.3) is 6.01 Å². The number of carbonyl (C=O) groups excluding carboxylic acids is 1. The lowest BCUT2D eigenvalue weighted by Gasteiger charge is -2.26. The van der Waals surface area contributed by atoms with Crippen LogP contribution in [0.1, 0.15) is 25.7 Å². The molecule has 21 heavy (non-hydrogen) atoms. The maximum Gasteiger partial charge on any atom is 0.295 e. The highest BCUT2D eigenvalue weighted by molar-refractivity contribution is 5.78. The Balaban J connectivity index is 1.53. The number of oxazole rings is 1. The first-order chi connectivity index (χ1) is 10.2. The molecule has 0 bridgehead atoms. The summed E-state index contributed by atoms with van der Waals surface area (Å²) in [6.07, 6.45) is 3.92. The number of nitrogens with two attached hydrogens (primary N) is 1. The van der Waals surface area contributed by atoms with E-state index in [4.69, 9.17) is 10.2 Å². The van der Waals surface area contributed by atoms with Crippen LogP contribution in [0.25, 0.3) is 11.1 Å². The van der Waals surface area contributed by atoms with Gasteiger partial charge in [-0.05, 0) is 37.5 Å². The van der Waals surface area contributed by atoms with Crippen molar-refractivity contribution in [3.8, 4) is 0 Å². The van der Waals surface area contributed by atoms with E-state index in [1.165, 1.54) is 6.42 Å². The van der Waals surface area contributed by atoms with Crippen molar-refractivity contribution >= 4 is 28.7 Å². The molecule has 6 nitrogen and oxygen atoms in total. The number of nitrogen functional groups attached to an aromatic ring is 1. The van der Waals surface area contributed by atoms with Crippen molar-refractivity contribution in [1.82, 2.24) is 9.88 Å². The Morgan fingerprint density at radius 2 is 2.14 bits per heavy atom. The first-order valence-electron chi connectivity index (χ1n) is 7.40. The van der Waals surface area contributed by atoms with E-state index in [0.717, 1.165) is 31.4 Å². The fourth-order valence-corrected chi connectivity index (χ4v) is 2.60. The van der Waals surface area contributed by atoms with Crippen LogP contribution in [0.5, 0.6) is 0 Å². The SMILES string of the molecule is Nc1ccc2oc(NCCC(=O)N3CCCCC3)nc2c1. The summed E-state index contributed by atoms with van der Waals surface area (Å²) < 4.78 is 5.55. The standard InChI is InChI=1S/C15H20N4O2/c16-11-4-5-13-12(10-11)18-15(21-13)17-7-6-14(20)19-8-2-1-3-9-19/h4-5,10H,1-3,6-9,16H2,(H,17,18). The number of aromatic nitrogens is 1. The predicted octanol–water partition coefficient (Wildman–Crippen LogP) is 2.22. The third kappa shape index (κ3) is 3.26. The molecule has 1 aliphatic rings. The van der Waals surface area contributed by atoms with Crippen molar-refractivity contribution in [3.05, 3.63) is 18.2 Å². The number of nitrogens with zero attached hydrogens (tertiary/aromatic N) is 2. The fraction of sp³-hybridized carbons (Fsp3) is 0.467. The zero-order chi connectivity index (χ0) is 14.7. The quantitative estimate of drug-likeness (QED) is 0.843. The fourth-order valence-electron chi connectivity index (χ4n) is 2.60. The normalized spacial score (nSPS) is 15.3. The van der Waals surface area contributed by atoms with Gasteiger partial charge in [0.1, 0.15) is 5.52 Å². The second-order valence-corrected chi connectivity index (χ2v) is 5.36. The van der Waals surface area contributed by atoms with Gasteiger partial charge in [-0.3, -0.25) is 4.79 Å². The number of carbonyl (C=O) groups is 1. The molecule has 0 aliphatic carbocycles. The van der Waals surface area contributed by atoms with E-state index in [1.54, 1.807) is 18.2 Å². The summed E-state index contributed by atoms with van der Waals surface area (Å²) in [4.78, 5) is 18.3. The van der Waals surface area contributed by atoms with E-state index >= 15 is 0 Å². The smallest absolute Gasteiger partial charge is 0.295 e. The molecule has 2 heterocycles. The molecule has 2 aromatic rings. The zero-order valence-electron chi connectivity index (χ0n) is 12.0. The van der Waals surface area contributed by atoms with Crippen molar-refractivity contribution in [2.24, 2.45) is 0 Å².